The maximum atomic E-state index is 12.2. The van der Waals surface area contributed by atoms with Crippen LogP contribution in [0.5, 0.6) is 0 Å². The number of likely N-dealkylation sites (tertiary alicyclic amines) is 1. The van der Waals surface area contributed by atoms with Crippen molar-refractivity contribution in [1.29, 1.82) is 0 Å². The molecule has 0 bridgehead atoms. The highest BCUT2D eigenvalue weighted by Crippen LogP contribution is 2.12. The number of piperidine rings is 1. The van der Waals surface area contributed by atoms with Gasteiger partial charge in [0.15, 0.2) is 0 Å². The molecule has 0 aromatic carbocycles. The molecule has 1 N–H and O–H groups in total. The smallest absolute Gasteiger partial charge is 0.244 e. The molecule has 9 heteroatoms. The number of sulfonamides is 1. The van der Waals surface area contributed by atoms with Crippen molar-refractivity contribution in [3.8, 4) is 0 Å². The van der Waals surface area contributed by atoms with E-state index in [-0.39, 0.29) is 16.1 Å². The molecule has 1 unspecified atom stereocenters. The first kappa shape index (κ1) is 16.1. The van der Waals surface area contributed by atoms with Crippen LogP contribution in [0.15, 0.2) is 17.3 Å². The monoisotopic (exact) mass is 332 g/mol. The van der Waals surface area contributed by atoms with Crippen LogP contribution in [0, 0.1) is 0 Å². The summed E-state index contributed by atoms with van der Waals surface area (Å²) in [5.41, 5.74) is 0. The minimum atomic E-state index is -3.84. The Morgan fingerprint density at radius 3 is 2.43 bits per heavy atom. The van der Waals surface area contributed by atoms with Crippen molar-refractivity contribution in [2.75, 3.05) is 13.1 Å². The van der Waals surface area contributed by atoms with Gasteiger partial charge in [0.1, 0.15) is 4.90 Å². The van der Waals surface area contributed by atoms with E-state index in [9.17, 15) is 13.2 Å². The number of rotatable bonds is 4. The topological polar surface area (TPSA) is 92.3 Å². The van der Waals surface area contributed by atoms with E-state index in [1.54, 1.807) is 4.90 Å². The van der Waals surface area contributed by atoms with E-state index in [0.717, 1.165) is 31.7 Å². The van der Waals surface area contributed by atoms with Crippen molar-refractivity contribution < 1.29 is 13.2 Å². The van der Waals surface area contributed by atoms with E-state index in [0.29, 0.717) is 13.1 Å². The third-order valence-corrected chi connectivity index (χ3v) is 4.97. The van der Waals surface area contributed by atoms with Crippen molar-refractivity contribution in [3.05, 3.63) is 17.7 Å². The molecule has 7 nitrogen and oxygen atoms in total. The van der Waals surface area contributed by atoms with Gasteiger partial charge >= 0.3 is 0 Å². The Kier molecular flexibility index (Phi) is 5.13. The van der Waals surface area contributed by atoms with Gasteiger partial charge in [0.25, 0.3) is 0 Å². The minimum absolute atomic E-state index is 0.0357. The van der Waals surface area contributed by atoms with Gasteiger partial charge in [0.2, 0.25) is 21.2 Å². The van der Waals surface area contributed by atoms with Crippen LogP contribution in [0.4, 0.5) is 0 Å². The molecule has 2 rings (SSSR count). The number of hydrogen-bond donors (Lipinski definition) is 1. The fraction of sp³-hybridized carbons (Fsp3) is 0.583. The number of aromatic nitrogens is 2. The lowest BCUT2D eigenvalue weighted by atomic mass is 10.1. The Bertz CT molecular complexity index is 599. The molecule has 0 radical (unpaired) electrons. The Morgan fingerprint density at radius 1 is 1.29 bits per heavy atom. The number of nitrogens with zero attached hydrogens (tertiary/aromatic N) is 3. The van der Waals surface area contributed by atoms with Crippen molar-refractivity contribution in [2.45, 2.75) is 37.1 Å². The average Bonchev–Trinajstić information content (AvgIpc) is 2.47. The largest absolute Gasteiger partial charge is 0.341 e. The van der Waals surface area contributed by atoms with Crippen LogP contribution in [-0.2, 0) is 14.8 Å². The van der Waals surface area contributed by atoms with Gasteiger partial charge in [-0.25, -0.2) is 18.4 Å². The van der Waals surface area contributed by atoms with Crippen LogP contribution >= 0.6 is 11.6 Å². The number of nitrogens with one attached hydrogen (secondary N) is 1. The third kappa shape index (κ3) is 4.12. The number of amides is 1. The van der Waals surface area contributed by atoms with Crippen LogP contribution in [0.1, 0.15) is 26.2 Å². The summed E-state index contributed by atoms with van der Waals surface area (Å²) in [5.74, 6) is -0.215. The molecule has 21 heavy (non-hydrogen) atoms. The zero-order chi connectivity index (χ0) is 15.5. The minimum Gasteiger partial charge on any atom is -0.341 e. The normalized spacial score (nSPS) is 17.5. The fourth-order valence-electron chi connectivity index (χ4n) is 2.18. The molecular weight excluding hydrogens is 316 g/mol. The molecule has 1 aliphatic rings. The van der Waals surface area contributed by atoms with Gasteiger partial charge in [-0.3, -0.25) is 4.79 Å². The van der Waals surface area contributed by atoms with Gasteiger partial charge in [-0.2, -0.15) is 4.72 Å². The molecule has 1 saturated heterocycles. The predicted octanol–water partition coefficient (Wildman–Crippen LogP) is 0.809. The first-order valence-corrected chi connectivity index (χ1v) is 8.55. The summed E-state index contributed by atoms with van der Waals surface area (Å²) < 4.78 is 26.6. The number of carbonyl (C=O) groups is 1. The summed E-state index contributed by atoms with van der Waals surface area (Å²) in [6.07, 6.45) is 5.23. The number of hydrogen-bond acceptors (Lipinski definition) is 5. The molecule has 0 saturated carbocycles. The lowest BCUT2D eigenvalue weighted by Crippen LogP contribution is -2.48. The summed E-state index contributed by atoms with van der Waals surface area (Å²) in [7, 11) is -3.84. The highest BCUT2D eigenvalue weighted by Gasteiger charge is 2.27. The maximum Gasteiger partial charge on any atom is 0.244 e. The Labute approximate surface area is 128 Å². The average molecular weight is 333 g/mol. The Morgan fingerprint density at radius 2 is 1.86 bits per heavy atom. The quantitative estimate of drug-likeness (QED) is 0.824. The first-order chi connectivity index (χ1) is 9.90. The van der Waals surface area contributed by atoms with E-state index in [1.165, 1.54) is 6.92 Å². The van der Waals surface area contributed by atoms with Crippen LogP contribution in [0.25, 0.3) is 0 Å². The van der Waals surface area contributed by atoms with E-state index in [2.05, 4.69) is 14.7 Å². The second-order valence-electron chi connectivity index (χ2n) is 4.92. The standard InChI is InChI=1S/C12H17ClN4O3S/c1-9(11(18)17-5-3-2-4-6-17)16-21(19,20)10-7-14-12(13)15-8-10/h7-9,16H,2-6H2,1H3. The highest BCUT2D eigenvalue weighted by molar-refractivity contribution is 7.89. The molecular formula is C12H17ClN4O3S. The highest BCUT2D eigenvalue weighted by atomic mass is 35.5. The summed E-state index contributed by atoms with van der Waals surface area (Å²) in [4.78, 5) is 21.0. The number of halogens is 1. The van der Waals surface area contributed by atoms with Crippen LogP contribution in [-0.4, -0.2) is 48.3 Å². The summed E-state index contributed by atoms with van der Waals surface area (Å²) in [6, 6.07) is -0.830. The molecule has 116 valence electrons. The van der Waals surface area contributed by atoms with Crippen LogP contribution in [0.2, 0.25) is 5.28 Å². The molecule has 1 aliphatic heterocycles. The van der Waals surface area contributed by atoms with Gasteiger partial charge in [-0.1, -0.05) is 0 Å². The second kappa shape index (κ2) is 6.67. The molecule has 2 heterocycles. The van der Waals surface area contributed by atoms with E-state index < -0.39 is 16.1 Å². The maximum absolute atomic E-state index is 12.2. The lowest BCUT2D eigenvalue weighted by molar-refractivity contribution is -0.133. The SMILES string of the molecule is CC(NS(=O)(=O)c1cnc(Cl)nc1)C(=O)N1CCCCC1. The third-order valence-electron chi connectivity index (χ3n) is 3.28. The van der Waals surface area contributed by atoms with Crippen molar-refractivity contribution in [3.63, 3.8) is 0 Å². The Hall–Kier alpha value is -1.25. The van der Waals surface area contributed by atoms with Gasteiger partial charge in [0, 0.05) is 13.1 Å². The fourth-order valence-corrected chi connectivity index (χ4v) is 3.36. The summed E-state index contributed by atoms with van der Waals surface area (Å²) >= 11 is 5.52. The lowest BCUT2D eigenvalue weighted by Gasteiger charge is -2.29. The zero-order valence-electron chi connectivity index (χ0n) is 11.6. The van der Waals surface area contributed by atoms with E-state index in [1.807, 2.05) is 0 Å². The molecule has 1 amide bonds. The van der Waals surface area contributed by atoms with Gasteiger partial charge in [-0.05, 0) is 37.8 Å². The van der Waals surface area contributed by atoms with Crippen molar-refractivity contribution >= 4 is 27.5 Å². The van der Waals surface area contributed by atoms with Gasteiger partial charge in [-0.15, -0.1) is 0 Å². The second-order valence-corrected chi connectivity index (χ2v) is 6.97. The molecule has 0 aliphatic carbocycles. The number of carbonyl (C=O) groups excluding carboxylic acids is 1. The van der Waals surface area contributed by atoms with Gasteiger partial charge < -0.3 is 4.90 Å². The molecule has 1 aromatic rings. The summed E-state index contributed by atoms with van der Waals surface area (Å²) in [6.45, 7) is 2.88. The molecule has 1 atom stereocenters. The molecule has 0 spiro atoms. The first-order valence-electron chi connectivity index (χ1n) is 6.69. The van der Waals surface area contributed by atoms with Gasteiger partial charge in [0.05, 0.1) is 18.4 Å². The van der Waals surface area contributed by atoms with Crippen molar-refractivity contribution in [1.82, 2.24) is 19.6 Å². The van der Waals surface area contributed by atoms with Crippen molar-refractivity contribution in [2.24, 2.45) is 0 Å². The van der Waals surface area contributed by atoms with Crippen LogP contribution < -0.4 is 4.72 Å². The zero-order valence-corrected chi connectivity index (χ0v) is 13.2. The van der Waals surface area contributed by atoms with Crippen LogP contribution in [0.3, 0.4) is 0 Å². The van der Waals surface area contributed by atoms with E-state index in [4.69, 9.17) is 11.6 Å². The summed E-state index contributed by atoms with van der Waals surface area (Å²) in [5, 5.41) is -0.0357. The molecule has 1 fully saturated rings. The Balaban J connectivity index is 2.05. The van der Waals surface area contributed by atoms with E-state index >= 15 is 0 Å². The molecule has 1 aromatic heterocycles. The predicted molar refractivity (Wildman–Crippen MR) is 77.3 cm³/mol.